The van der Waals surface area contributed by atoms with Crippen LogP contribution in [0.15, 0.2) is 18.2 Å². The molecule has 0 saturated carbocycles. The fourth-order valence-corrected chi connectivity index (χ4v) is 2.53. The van der Waals surface area contributed by atoms with Crippen molar-refractivity contribution >= 4 is 47.0 Å². The van der Waals surface area contributed by atoms with Crippen LogP contribution in [0.5, 0.6) is 0 Å². The van der Waals surface area contributed by atoms with Gasteiger partial charge in [-0.1, -0.05) is 30.1 Å². The van der Waals surface area contributed by atoms with Gasteiger partial charge in [0, 0.05) is 5.02 Å². The Morgan fingerprint density at radius 3 is 2.56 bits per heavy atom. The molecule has 134 valence electrons. The van der Waals surface area contributed by atoms with Crippen LogP contribution in [-0.4, -0.2) is 41.0 Å². The number of ether oxygens (including phenoxy) is 1. The van der Waals surface area contributed by atoms with Crippen LogP contribution in [0.2, 0.25) is 10.0 Å². The third kappa shape index (κ3) is 4.02. The van der Waals surface area contributed by atoms with Gasteiger partial charge in [0.1, 0.15) is 5.54 Å². The van der Waals surface area contributed by atoms with Crippen LogP contribution in [0.3, 0.4) is 0 Å². The summed E-state index contributed by atoms with van der Waals surface area (Å²) in [6.07, 6.45) is 0.355. The van der Waals surface area contributed by atoms with Gasteiger partial charge < -0.3 is 10.1 Å². The summed E-state index contributed by atoms with van der Waals surface area (Å²) in [5.74, 6) is -2.28. The summed E-state index contributed by atoms with van der Waals surface area (Å²) in [5.41, 5.74) is 1.05. The largest absolute Gasteiger partial charge is 0.452 e. The number of benzene rings is 1. The van der Waals surface area contributed by atoms with E-state index in [4.69, 9.17) is 27.9 Å². The van der Waals surface area contributed by atoms with Gasteiger partial charge in [0.15, 0.2) is 6.61 Å². The number of imide groups is 1. The lowest BCUT2D eigenvalue weighted by Gasteiger charge is -2.19. The molecule has 1 aromatic rings. The van der Waals surface area contributed by atoms with Gasteiger partial charge in [0.25, 0.3) is 11.8 Å². The fourth-order valence-electron chi connectivity index (χ4n) is 2.05. The Bertz CT molecular complexity index is 755. The maximum absolute atomic E-state index is 12.1. The van der Waals surface area contributed by atoms with Crippen LogP contribution in [0.1, 0.15) is 30.6 Å². The highest BCUT2D eigenvalue weighted by Gasteiger charge is 2.47. The van der Waals surface area contributed by atoms with Crippen LogP contribution in [0.25, 0.3) is 0 Å². The molecule has 4 amide bonds. The van der Waals surface area contributed by atoms with Crippen LogP contribution in [0.4, 0.5) is 4.79 Å². The van der Waals surface area contributed by atoms with Crippen molar-refractivity contribution in [2.75, 3.05) is 6.61 Å². The third-order valence-corrected chi connectivity index (χ3v) is 4.24. The van der Waals surface area contributed by atoms with Gasteiger partial charge in [0.05, 0.1) is 10.6 Å². The molecule has 1 atom stereocenters. The Balaban J connectivity index is 1.94. The molecule has 1 heterocycles. The standard InChI is InChI=1S/C15H15Cl2N3O5/c1-3-15(2)13(23)20(14(24)18-15)19-11(21)7-25-12(22)9-5-4-8(16)6-10(9)17/h4-6H,3,7H2,1-2H3,(H,18,24)(H,19,21). The molecule has 0 spiro atoms. The Morgan fingerprint density at radius 1 is 1.32 bits per heavy atom. The topological polar surface area (TPSA) is 105 Å². The fraction of sp³-hybridized carbons (Fsp3) is 0.333. The van der Waals surface area contributed by atoms with Crippen molar-refractivity contribution in [3.63, 3.8) is 0 Å². The van der Waals surface area contributed by atoms with Crippen molar-refractivity contribution in [3.05, 3.63) is 33.8 Å². The molecule has 1 aliphatic heterocycles. The van der Waals surface area contributed by atoms with Gasteiger partial charge >= 0.3 is 12.0 Å². The van der Waals surface area contributed by atoms with E-state index in [9.17, 15) is 19.2 Å². The van der Waals surface area contributed by atoms with Crippen LogP contribution >= 0.6 is 23.2 Å². The Morgan fingerprint density at radius 2 is 2.00 bits per heavy atom. The minimum Gasteiger partial charge on any atom is -0.452 e. The predicted molar refractivity (Wildman–Crippen MR) is 89.0 cm³/mol. The smallest absolute Gasteiger partial charge is 0.344 e. The first-order valence-electron chi connectivity index (χ1n) is 7.26. The molecule has 1 aliphatic rings. The van der Waals surface area contributed by atoms with E-state index in [-0.39, 0.29) is 10.6 Å². The SMILES string of the molecule is CCC1(C)NC(=O)N(NC(=O)COC(=O)c2ccc(Cl)cc2Cl)C1=O. The van der Waals surface area contributed by atoms with E-state index >= 15 is 0 Å². The number of hydrogen-bond donors (Lipinski definition) is 2. The maximum Gasteiger partial charge on any atom is 0.344 e. The van der Waals surface area contributed by atoms with E-state index in [1.165, 1.54) is 18.2 Å². The zero-order chi connectivity index (χ0) is 18.8. The van der Waals surface area contributed by atoms with Crippen LogP contribution < -0.4 is 10.7 Å². The number of amides is 4. The molecule has 25 heavy (non-hydrogen) atoms. The molecule has 8 nitrogen and oxygen atoms in total. The maximum atomic E-state index is 12.1. The number of rotatable bonds is 5. The van der Waals surface area contributed by atoms with Crippen molar-refractivity contribution in [3.8, 4) is 0 Å². The summed E-state index contributed by atoms with van der Waals surface area (Å²) >= 11 is 11.6. The third-order valence-electron chi connectivity index (χ3n) is 3.69. The van der Waals surface area contributed by atoms with Crippen molar-refractivity contribution in [1.29, 1.82) is 0 Å². The summed E-state index contributed by atoms with van der Waals surface area (Å²) in [7, 11) is 0. The number of esters is 1. The molecule has 1 fully saturated rings. The van der Waals surface area contributed by atoms with Gasteiger partial charge in [0.2, 0.25) is 0 Å². The molecule has 1 unspecified atom stereocenters. The normalized spacial score (nSPS) is 19.6. The first-order valence-corrected chi connectivity index (χ1v) is 8.02. The average Bonchev–Trinajstić information content (AvgIpc) is 2.76. The lowest BCUT2D eigenvalue weighted by atomic mass is 10.00. The zero-order valence-electron chi connectivity index (χ0n) is 13.4. The minimum atomic E-state index is -1.09. The number of nitrogens with one attached hydrogen (secondary N) is 2. The highest BCUT2D eigenvalue weighted by Crippen LogP contribution is 2.22. The molecular weight excluding hydrogens is 373 g/mol. The van der Waals surface area contributed by atoms with Crippen LogP contribution in [-0.2, 0) is 14.3 Å². The molecule has 0 bridgehead atoms. The molecule has 10 heteroatoms. The number of carbonyl (C=O) groups excluding carboxylic acids is 4. The second kappa shape index (κ2) is 7.28. The second-order valence-corrected chi connectivity index (χ2v) is 6.34. The molecule has 0 aromatic heterocycles. The summed E-state index contributed by atoms with van der Waals surface area (Å²) in [6, 6.07) is 3.41. The molecule has 1 aromatic carbocycles. The number of hydrogen-bond acceptors (Lipinski definition) is 5. The highest BCUT2D eigenvalue weighted by atomic mass is 35.5. The van der Waals surface area contributed by atoms with Crippen molar-refractivity contribution in [2.45, 2.75) is 25.8 Å². The number of urea groups is 1. The molecule has 0 radical (unpaired) electrons. The van der Waals surface area contributed by atoms with Gasteiger partial charge in [-0.3, -0.25) is 15.0 Å². The summed E-state index contributed by atoms with van der Waals surface area (Å²) < 4.78 is 4.82. The molecule has 2 rings (SSSR count). The first kappa shape index (κ1) is 19.0. The lowest BCUT2D eigenvalue weighted by Crippen LogP contribution is -2.49. The van der Waals surface area contributed by atoms with Gasteiger partial charge in [-0.05, 0) is 31.5 Å². The van der Waals surface area contributed by atoms with E-state index in [0.29, 0.717) is 16.5 Å². The lowest BCUT2D eigenvalue weighted by molar-refractivity contribution is -0.139. The monoisotopic (exact) mass is 387 g/mol. The van der Waals surface area contributed by atoms with Crippen molar-refractivity contribution in [1.82, 2.24) is 15.8 Å². The van der Waals surface area contributed by atoms with Gasteiger partial charge in [-0.25, -0.2) is 9.59 Å². The molecule has 2 N–H and O–H groups in total. The Kier molecular flexibility index (Phi) is 5.54. The minimum absolute atomic E-state index is 0.0346. The number of nitrogens with zero attached hydrogens (tertiary/aromatic N) is 1. The number of hydrazine groups is 1. The Labute approximate surface area is 153 Å². The number of carbonyl (C=O) groups is 4. The van der Waals surface area contributed by atoms with E-state index in [1.807, 2.05) is 0 Å². The number of halogens is 2. The molecule has 0 aliphatic carbocycles. The van der Waals surface area contributed by atoms with Gasteiger partial charge in [-0.15, -0.1) is 0 Å². The van der Waals surface area contributed by atoms with Crippen molar-refractivity contribution in [2.24, 2.45) is 0 Å². The van der Waals surface area contributed by atoms with E-state index in [1.54, 1.807) is 13.8 Å². The summed E-state index contributed by atoms with van der Waals surface area (Å²) in [5, 5.41) is 3.46. The van der Waals surface area contributed by atoms with Crippen molar-refractivity contribution < 1.29 is 23.9 Å². The second-order valence-electron chi connectivity index (χ2n) is 5.49. The highest BCUT2D eigenvalue weighted by molar-refractivity contribution is 6.36. The van der Waals surface area contributed by atoms with Gasteiger partial charge in [-0.2, -0.15) is 5.01 Å². The summed E-state index contributed by atoms with van der Waals surface area (Å²) in [6.45, 7) is 2.57. The van der Waals surface area contributed by atoms with E-state index < -0.39 is 36.0 Å². The molecule has 1 saturated heterocycles. The van der Waals surface area contributed by atoms with Crippen LogP contribution in [0, 0.1) is 0 Å². The first-order chi connectivity index (χ1) is 11.7. The quantitative estimate of drug-likeness (QED) is 0.592. The molecular formula is C15H15Cl2N3O5. The van der Waals surface area contributed by atoms with E-state index in [0.717, 1.165) is 0 Å². The average molecular weight is 388 g/mol. The van der Waals surface area contributed by atoms with E-state index in [2.05, 4.69) is 10.7 Å². The summed E-state index contributed by atoms with van der Waals surface area (Å²) in [4.78, 5) is 47.7. The predicted octanol–water partition coefficient (Wildman–Crippen LogP) is 1.90. The Hall–Kier alpha value is -2.32. The zero-order valence-corrected chi connectivity index (χ0v) is 14.9.